The summed E-state index contributed by atoms with van der Waals surface area (Å²) in [5.74, 6) is -0.901. The van der Waals surface area contributed by atoms with Crippen LogP contribution in [0.5, 0.6) is 0 Å². The molecule has 2 aliphatic heterocycles. The smallest absolute Gasteiger partial charge is 0.246 e. The molecule has 0 spiro atoms. The van der Waals surface area contributed by atoms with Crippen molar-refractivity contribution >= 4 is 23.6 Å². The van der Waals surface area contributed by atoms with Crippen LogP contribution in [0.3, 0.4) is 0 Å². The van der Waals surface area contributed by atoms with E-state index >= 15 is 0 Å². The Balaban J connectivity index is 1.50. The summed E-state index contributed by atoms with van der Waals surface area (Å²) in [6.07, 6.45) is 5.80. The quantitative estimate of drug-likeness (QED) is 0.480. The number of nitriles is 1. The third-order valence-corrected chi connectivity index (χ3v) is 9.29. The van der Waals surface area contributed by atoms with E-state index in [9.17, 15) is 24.4 Å². The van der Waals surface area contributed by atoms with Crippen LogP contribution in [0, 0.1) is 45.8 Å². The average molecular weight is 514 g/mol. The van der Waals surface area contributed by atoms with Gasteiger partial charge in [-0.05, 0) is 48.3 Å². The van der Waals surface area contributed by atoms with Gasteiger partial charge in [0.05, 0.1) is 6.07 Å². The predicted octanol–water partition coefficient (Wildman–Crippen LogP) is 2.12. The van der Waals surface area contributed by atoms with Gasteiger partial charge in [-0.2, -0.15) is 5.26 Å². The lowest BCUT2D eigenvalue weighted by atomic mass is 9.83. The zero-order valence-corrected chi connectivity index (χ0v) is 22.9. The fourth-order valence-electron chi connectivity index (χ4n) is 6.81. The molecule has 1 unspecified atom stereocenters. The number of nitrogens with zero attached hydrogens (tertiary/aromatic N) is 2. The van der Waals surface area contributed by atoms with Crippen LogP contribution in [0.4, 0.5) is 0 Å². The first-order chi connectivity index (χ1) is 17.4. The van der Waals surface area contributed by atoms with Crippen molar-refractivity contribution in [3.05, 3.63) is 0 Å². The monoisotopic (exact) mass is 513 g/mol. The van der Waals surface area contributed by atoms with E-state index in [1.807, 2.05) is 20.8 Å². The third kappa shape index (κ3) is 5.49. The molecule has 9 nitrogen and oxygen atoms in total. The van der Waals surface area contributed by atoms with E-state index in [-0.39, 0.29) is 59.1 Å². The summed E-state index contributed by atoms with van der Waals surface area (Å²) < 4.78 is 0. The molecule has 2 aliphatic carbocycles. The predicted molar refractivity (Wildman–Crippen MR) is 138 cm³/mol. The molecule has 0 aromatic rings. The Morgan fingerprint density at radius 2 is 1.78 bits per heavy atom. The van der Waals surface area contributed by atoms with Crippen molar-refractivity contribution in [3.63, 3.8) is 0 Å². The van der Waals surface area contributed by atoms with Crippen molar-refractivity contribution in [1.29, 1.82) is 5.26 Å². The number of rotatable bonds is 7. The van der Waals surface area contributed by atoms with Gasteiger partial charge in [-0.25, -0.2) is 0 Å². The van der Waals surface area contributed by atoms with Crippen molar-refractivity contribution in [2.45, 2.75) is 97.7 Å². The highest BCUT2D eigenvalue weighted by molar-refractivity contribution is 5.94. The molecule has 2 saturated carbocycles. The molecule has 0 radical (unpaired) electrons. The minimum absolute atomic E-state index is 0.000219. The van der Waals surface area contributed by atoms with Gasteiger partial charge in [0.15, 0.2) is 0 Å². The normalized spacial score (nSPS) is 30.5. The molecule has 4 amide bonds. The molecule has 3 N–H and O–H groups in total. The second-order valence-corrected chi connectivity index (χ2v) is 13.2. The highest BCUT2D eigenvalue weighted by Gasteiger charge is 2.69. The zero-order chi connectivity index (χ0) is 27.1. The first-order valence-corrected chi connectivity index (χ1v) is 13.9. The molecule has 9 heteroatoms. The number of amides is 4. The van der Waals surface area contributed by atoms with Crippen molar-refractivity contribution < 1.29 is 19.2 Å². The van der Waals surface area contributed by atoms with Crippen LogP contribution in [0.2, 0.25) is 0 Å². The maximum absolute atomic E-state index is 14.0. The summed E-state index contributed by atoms with van der Waals surface area (Å²) in [5, 5.41) is 18.4. The standard InChI is InChI=1S/C28H43N5O4/c1-27(2,3)22(32-24(35)16-9-7-6-8-10-16)26(37)33-15-19-20(28(19,4)5)21(33)25(36)31-18(14-29)13-17-11-12-30-23(17)34/h16-22H,6-13,15H2,1-5H3,(H,30,34)(H,31,36)(H,32,35)/t17-,18-,19-,20-,21-,22?/m0/s1. The summed E-state index contributed by atoms with van der Waals surface area (Å²) in [6.45, 7) is 11.1. The Bertz CT molecular complexity index is 974. The van der Waals surface area contributed by atoms with Gasteiger partial charge in [0.25, 0.3) is 0 Å². The summed E-state index contributed by atoms with van der Waals surface area (Å²) in [5.41, 5.74) is -0.607. The minimum Gasteiger partial charge on any atom is -0.356 e. The summed E-state index contributed by atoms with van der Waals surface area (Å²) >= 11 is 0. The Morgan fingerprint density at radius 3 is 2.35 bits per heavy atom. The SMILES string of the molecule is CC(C)(C)C(NC(=O)C1CCCCC1)C(=O)N1C[C@H]2[C@@H]([C@H]1C(=O)N[C@H](C#N)C[C@@H]1CCNC1=O)C2(C)C. The van der Waals surface area contributed by atoms with Crippen LogP contribution in [0.1, 0.15) is 79.6 Å². The van der Waals surface area contributed by atoms with Gasteiger partial charge in [0.2, 0.25) is 23.6 Å². The van der Waals surface area contributed by atoms with Crippen LogP contribution in [0.25, 0.3) is 0 Å². The largest absolute Gasteiger partial charge is 0.356 e. The first-order valence-electron chi connectivity index (χ1n) is 13.9. The molecule has 37 heavy (non-hydrogen) atoms. The van der Waals surface area contributed by atoms with Crippen LogP contribution in [0.15, 0.2) is 0 Å². The Hall–Kier alpha value is -2.63. The number of fused-ring (bicyclic) bond motifs is 1. The van der Waals surface area contributed by atoms with Crippen LogP contribution in [-0.2, 0) is 19.2 Å². The molecule has 2 heterocycles. The Kier molecular flexibility index (Phi) is 7.60. The van der Waals surface area contributed by atoms with E-state index < -0.39 is 23.5 Å². The topological polar surface area (TPSA) is 131 Å². The van der Waals surface area contributed by atoms with Crippen LogP contribution >= 0.6 is 0 Å². The van der Waals surface area contributed by atoms with Gasteiger partial charge in [-0.1, -0.05) is 53.9 Å². The molecular formula is C28H43N5O4. The number of piperidine rings is 1. The summed E-state index contributed by atoms with van der Waals surface area (Å²) in [4.78, 5) is 54.4. The number of carbonyl (C=O) groups excluding carboxylic acids is 4. The van der Waals surface area contributed by atoms with Crippen molar-refractivity contribution in [3.8, 4) is 6.07 Å². The van der Waals surface area contributed by atoms with Gasteiger partial charge in [-0.3, -0.25) is 19.2 Å². The average Bonchev–Trinajstić information content (AvgIpc) is 3.20. The first kappa shape index (κ1) is 27.4. The number of hydrogen-bond acceptors (Lipinski definition) is 5. The van der Waals surface area contributed by atoms with E-state index in [1.54, 1.807) is 4.90 Å². The van der Waals surface area contributed by atoms with Gasteiger partial charge < -0.3 is 20.9 Å². The number of nitrogens with one attached hydrogen (secondary N) is 3. The molecule has 0 bridgehead atoms. The number of carbonyl (C=O) groups is 4. The Labute approximate surface area is 220 Å². The van der Waals surface area contributed by atoms with E-state index in [0.717, 1.165) is 32.1 Å². The van der Waals surface area contributed by atoms with Gasteiger partial charge in [0.1, 0.15) is 18.1 Å². The fraction of sp³-hybridized carbons (Fsp3) is 0.821. The lowest BCUT2D eigenvalue weighted by Gasteiger charge is -2.38. The maximum Gasteiger partial charge on any atom is 0.246 e. The lowest BCUT2D eigenvalue weighted by molar-refractivity contribution is -0.146. The maximum atomic E-state index is 14.0. The fourth-order valence-corrected chi connectivity index (χ4v) is 6.81. The van der Waals surface area contributed by atoms with Crippen molar-refractivity contribution in [2.24, 2.45) is 34.5 Å². The van der Waals surface area contributed by atoms with Gasteiger partial charge in [-0.15, -0.1) is 0 Å². The third-order valence-electron chi connectivity index (χ3n) is 9.29. The van der Waals surface area contributed by atoms with Crippen LogP contribution in [-0.4, -0.2) is 59.7 Å². The second kappa shape index (κ2) is 10.3. The number of hydrogen-bond donors (Lipinski definition) is 3. The zero-order valence-electron chi connectivity index (χ0n) is 22.9. The molecular weight excluding hydrogens is 470 g/mol. The molecule has 204 valence electrons. The number of likely N-dealkylation sites (tertiary alicyclic amines) is 1. The molecule has 4 rings (SSSR count). The highest BCUT2D eigenvalue weighted by atomic mass is 16.2. The van der Waals surface area contributed by atoms with Crippen molar-refractivity contribution in [2.75, 3.05) is 13.1 Å². The molecule has 4 fully saturated rings. The molecule has 0 aromatic carbocycles. The minimum atomic E-state index is -0.802. The molecule has 0 aromatic heterocycles. The summed E-state index contributed by atoms with van der Waals surface area (Å²) in [7, 11) is 0. The van der Waals surface area contributed by atoms with Gasteiger partial charge in [0, 0.05) is 24.9 Å². The summed E-state index contributed by atoms with van der Waals surface area (Å²) in [6, 6.07) is -0.109. The van der Waals surface area contributed by atoms with E-state index in [1.165, 1.54) is 0 Å². The lowest BCUT2D eigenvalue weighted by Crippen LogP contribution is -2.60. The highest BCUT2D eigenvalue weighted by Crippen LogP contribution is 2.65. The van der Waals surface area contributed by atoms with E-state index in [0.29, 0.717) is 19.5 Å². The van der Waals surface area contributed by atoms with Crippen molar-refractivity contribution in [1.82, 2.24) is 20.9 Å². The van der Waals surface area contributed by atoms with E-state index in [2.05, 4.69) is 35.9 Å². The Morgan fingerprint density at radius 1 is 1.11 bits per heavy atom. The van der Waals surface area contributed by atoms with Crippen LogP contribution < -0.4 is 16.0 Å². The molecule has 6 atom stereocenters. The molecule has 4 aliphatic rings. The molecule has 2 saturated heterocycles. The second-order valence-electron chi connectivity index (χ2n) is 13.2. The van der Waals surface area contributed by atoms with Gasteiger partial charge >= 0.3 is 0 Å². The van der Waals surface area contributed by atoms with E-state index in [4.69, 9.17) is 0 Å².